The number of alkyl halides is 1. The van der Waals surface area contributed by atoms with Gasteiger partial charge in [-0.1, -0.05) is 30.9 Å². The van der Waals surface area contributed by atoms with Crippen LogP contribution < -0.4 is 0 Å². The van der Waals surface area contributed by atoms with Gasteiger partial charge in [0.25, 0.3) is 0 Å². The lowest BCUT2D eigenvalue weighted by Crippen LogP contribution is -2.13. The van der Waals surface area contributed by atoms with Gasteiger partial charge in [0.1, 0.15) is 5.56 Å². The first kappa shape index (κ1) is 13.5. The Labute approximate surface area is 96.3 Å². The smallest absolute Gasteiger partial charge is 0.201 e. The van der Waals surface area contributed by atoms with E-state index in [1.807, 2.05) is 0 Å². The van der Waals surface area contributed by atoms with Gasteiger partial charge in [-0.05, 0) is 25.2 Å². The van der Waals surface area contributed by atoms with E-state index in [0.29, 0.717) is 12.1 Å². The molecule has 0 radical (unpaired) electrons. The molecule has 15 heavy (non-hydrogen) atoms. The van der Waals surface area contributed by atoms with Gasteiger partial charge in [-0.15, -0.1) is 0 Å². The third-order valence-corrected chi connectivity index (χ3v) is 5.25. The van der Waals surface area contributed by atoms with E-state index < -0.39 is 12.9 Å². The molecule has 0 heterocycles. The van der Waals surface area contributed by atoms with Crippen LogP contribution in [-0.4, -0.2) is 27.9 Å². The highest BCUT2D eigenvalue weighted by Gasteiger charge is 2.25. The lowest BCUT2D eigenvalue weighted by molar-refractivity contribution is 0.251. The van der Waals surface area contributed by atoms with E-state index >= 15 is 0 Å². The zero-order valence-corrected chi connectivity index (χ0v) is 10.6. The van der Waals surface area contributed by atoms with Crippen molar-refractivity contribution >= 4 is 19.0 Å². The molecule has 1 aliphatic carbocycles. The van der Waals surface area contributed by atoms with E-state index in [4.69, 9.17) is 16.7 Å². The molecule has 0 spiro atoms. The number of hydrogen-bond donors (Lipinski definition) is 2. The quantitative estimate of drug-likeness (QED) is 0.586. The third-order valence-electron chi connectivity index (χ3n) is 2.98. The molecule has 1 aliphatic rings. The first-order chi connectivity index (χ1) is 6.99. The van der Waals surface area contributed by atoms with E-state index in [0.717, 1.165) is 12.8 Å². The van der Waals surface area contributed by atoms with E-state index in [1.54, 1.807) is 0 Å². The summed E-state index contributed by atoms with van der Waals surface area (Å²) >= 11 is 5.35. The number of aliphatic hydroxyl groups is 1. The molecular formula is C10H20ClO3P. The van der Waals surface area contributed by atoms with Crippen molar-refractivity contribution in [1.82, 2.24) is 0 Å². The molecular weight excluding hydrogens is 235 g/mol. The Morgan fingerprint density at radius 1 is 1.33 bits per heavy atom. The van der Waals surface area contributed by atoms with Crippen LogP contribution in [0.4, 0.5) is 0 Å². The summed E-state index contributed by atoms with van der Waals surface area (Å²) in [4.78, 5) is 9.70. The number of hydrogen-bond acceptors (Lipinski definition) is 2. The normalized spacial score (nSPS) is 24.7. The van der Waals surface area contributed by atoms with Crippen molar-refractivity contribution in [2.45, 2.75) is 44.1 Å². The average Bonchev–Trinajstić information content (AvgIpc) is 2.16. The zero-order chi connectivity index (χ0) is 11.3. The number of halogens is 1. The minimum atomic E-state index is -3.06. The van der Waals surface area contributed by atoms with Crippen LogP contribution in [0.15, 0.2) is 0 Å². The predicted octanol–water partition coefficient (Wildman–Crippen LogP) is 2.78. The zero-order valence-electron chi connectivity index (χ0n) is 8.94. The first-order valence-corrected chi connectivity index (χ1v) is 8.09. The van der Waals surface area contributed by atoms with Gasteiger partial charge < -0.3 is 10.00 Å². The molecule has 2 unspecified atom stereocenters. The van der Waals surface area contributed by atoms with Crippen LogP contribution in [0.2, 0.25) is 0 Å². The van der Waals surface area contributed by atoms with Crippen molar-refractivity contribution in [1.29, 1.82) is 0 Å². The van der Waals surface area contributed by atoms with E-state index in [2.05, 4.69) is 0 Å². The standard InChI is InChI=1S/C10H20ClO3P/c11-10(12)6-7-15(13,14)8-9-4-2-1-3-5-9/h9-10,12H,1-8H2,(H,13,14). The fourth-order valence-electron chi connectivity index (χ4n) is 2.17. The second-order valence-corrected chi connectivity index (χ2v) is 7.49. The Morgan fingerprint density at radius 2 is 1.93 bits per heavy atom. The summed E-state index contributed by atoms with van der Waals surface area (Å²) in [5, 5.41) is 8.85. The largest absolute Gasteiger partial charge is 0.378 e. The monoisotopic (exact) mass is 254 g/mol. The average molecular weight is 255 g/mol. The molecule has 0 saturated heterocycles. The predicted molar refractivity (Wildman–Crippen MR) is 62.6 cm³/mol. The Kier molecular flexibility index (Phi) is 5.62. The van der Waals surface area contributed by atoms with Gasteiger partial charge in [0, 0.05) is 12.3 Å². The van der Waals surface area contributed by atoms with Gasteiger partial charge in [0.15, 0.2) is 0 Å². The summed E-state index contributed by atoms with van der Waals surface area (Å²) in [7, 11) is -3.06. The maximum absolute atomic E-state index is 11.8. The molecule has 1 fully saturated rings. The summed E-state index contributed by atoms with van der Waals surface area (Å²) < 4.78 is 11.8. The van der Waals surface area contributed by atoms with Crippen LogP contribution in [0.3, 0.4) is 0 Å². The van der Waals surface area contributed by atoms with Crippen LogP contribution in [0, 0.1) is 5.92 Å². The molecule has 90 valence electrons. The second kappa shape index (κ2) is 6.24. The fraction of sp³-hybridized carbons (Fsp3) is 1.00. The Bertz CT molecular complexity index is 227. The Hall–Kier alpha value is 0.440. The molecule has 2 atom stereocenters. The Morgan fingerprint density at radius 3 is 2.47 bits per heavy atom. The molecule has 0 amide bonds. The van der Waals surface area contributed by atoms with E-state index in [-0.39, 0.29) is 12.6 Å². The van der Waals surface area contributed by atoms with Crippen molar-refractivity contribution < 1.29 is 14.6 Å². The van der Waals surface area contributed by atoms with Crippen LogP contribution >= 0.6 is 19.0 Å². The molecule has 1 rings (SSSR count). The molecule has 0 aromatic rings. The van der Waals surface area contributed by atoms with Crippen LogP contribution in [-0.2, 0) is 4.57 Å². The van der Waals surface area contributed by atoms with Crippen molar-refractivity contribution in [2.24, 2.45) is 5.92 Å². The maximum atomic E-state index is 11.8. The van der Waals surface area contributed by atoms with E-state index in [1.165, 1.54) is 19.3 Å². The molecule has 0 bridgehead atoms. The summed E-state index contributed by atoms with van der Waals surface area (Å²) in [6, 6.07) is 0. The second-order valence-electron chi connectivity index (χ2n) is 4.48. The van der Waals surface area contributed by atoms with Gasteiger partial charge in [-0.3, -0.25) is 4.57 Å². The first-order valence-electron chi connectivity index (χ1n) is 5.62. The van der Waals surface area contributed by atoms with Crippen molar-refractivity contribution in [3.05, 3.63) is 0 Å². The fourth-order valence-corrected chi connectivity index (χ4v) is 4.44. The summed E-state index contributed by atoms with van der Waals surface area (Å²) in [5.74, 6) is 0.405. The minimum Gasteiger partial charge on any atom is -0.378 e. The van der Waals surface area contributed by atoms with Gasteiger partial charge >= 0.3 is 0 Å². The highest BCUT2D eigenvalue weighted by atomic mass is 35.5. The lowest BCUT2D eigenvalue weighted by Gasteiger charge is -2.24. The molecule has 1 saturated carbocycles. The number of rotatable bonds is 5. The number of aliphatic hydroxyl groups excluding tert-OH is 1. The lowest BCUT2D eigenvalue weighted by atomic mass is 9.91. The Balaban J connectivity index is 2.30. The molecule has 0 aliphatic heterocycles. The van der Waals surface area contributed by atoms with Crippen molar-refractivity contribution in [3.8, 4) is 0 Å². The minimum absolute atomic E-state index is 0.147. The van der Waals surface area contributed by atoms with Crippen molar-refractivity contribution in [2.75, 3.05) is 12.3 Å². The maximum Gasteiger partial charge on any atom is 0.201 e. The van der Waals surface area contributed by atoms with Crippen LogP contribution in [0.1, 0.15) is 38.5 Å². The highest BCUT2D eigenvalue weighted by Crippen LogP contribution is 2.46. The molecule has 3 nitrogen and oxygen atoms in total. The molecule has 0 aromatic heterocycles. The summed E-state index contributed by atoms with van der Waals surface area (Å²) in [6.45, 7) is 0. The molecule has 2 N–H and O–H groups in total. The highest BCUT2D eigenvalue weighted by molar-refractivity contribution is 7.58. The molecule has 0 aromatic carbocycles. The van der Waals surface area contributed by atoms with Gasteiger partial charge in [-0.2, -0.15) is 0 Å². The van der Waals surface area contributed by atoms with Crippen LogP contribution in [0.5, 0.6) is 0 Å². The van der Waals surface area contributed by atoms with Crippen molar-refractivity contribution in [3.63, 3.8) is 0 Å². The topological polar surface area (TPSA) is 57.5 Å². The van der Waals surface area contributed by atoms with E-state index in [9.17, 15) is 9.46 Å². The van der Waals surface area contributed by atoms with Gasteiger partial charge in [0.2, 0.25) is 7.37 Å². The van der Waals surface area contributed by atoms with Gasteiger partial charge in [0.05, 0.1) is 0 Å². The summed E-state index contributed by atoms with van der Waals surface area (Å²) in [6.07, 6.45) is 6.55. The van der Waals surface area contributed by atoms with Gasteiger partial charge in [-0.25, -0.2) is 0 Å². The van der Waals surface area contributed by atoms with Crippen LogP contribution in [0.25, 0.3) is 0 Å². The SMILES string of the molecule is O=P(O)(CCC(O)Cl)CC1CCCCC1. The molecule has 5 heteroatoms. The third kappa shape index (κ3) is 5.91. The summed E-state index contributed by atoms with van der Waals surface area (Å²) in [5.41, 5.74) is -0.989.